The van der Waals surface area contributed by atoms with E-state index in [1.807, 2.05) is 0 Å². The Morgan fingerprint density at radius 3 is 2.89 bits per heavy atom. The van der Waals surface area contributed by atoms with E-state index in [1.54, 1.807) is 25.1 Å². The smallest absolute Gasteiger partial charge is 0.408 e. The van der Waals surface area contributed by atoms with E-state index >= 15 is 0 Å². The van der Waals surface area contributed by atoms with Crippen LogP contribution in [0.4, 0.5) is 0 Å². The molecule has 0 atom stereocenters. The van der Waals surface area contributed by atoms with E-state index in [4.69, 9.17) is 4.42 Å². The van der Waals surface area contributed by atoms with Gasteiger partial charge in [0.1, 0.15) is 0 Å². The van der Waals surface area contributed by atoms with Gasteiger partial charge < -0.3 is 4.42 Å². The summed E-state index contributed by atoms with van der Waals surface area (Å²) in [6.07, 6.45) is 0.558. The van der Waals surface area contributed by atoms with Crippen molar-refractivity contribution in [2.45, 2.75) is 13.3 Å². The summed E-state index contributed by atoms with van der Waals surface area (Å²) in [5, 5.41) is 0. The van der Waals surface area contributed by atoms with Gasteiger partial charge in [-0.3, -0.25) is 4.98 Å². The molecule has 1 aromatic heterocycles. The third kappa shape index (κ3) is 2.99. The second-order valence-electron chi connectivity index (χ2n) is 3.89. The maximum atomic E-state index is 11.2. The number of nitrogens with one attached hydrogen (secondary N) is 2. The van der Waals surface area contributed by atoms with Crippen LogP contribution in [-0.4, -0.2) is 25.7 Å². The van der Waals surface area contributed by atoms with Gasteiger partial charge in [-0.2, -0.15) is 0 Å². The molecule has 0 aliphatic rings. The quantitative estimate of drug-likeness (QED) is 0.832. The molecule has 2 N–H and O–H groups in total. The Hall–Kier alpha value is -1.60. The fourth-order valence-electron chi connectivity index (χ4n) is 1.61. The average molecular weight is 270 g/mol. The molecule has 18 heavy (non-hydrogen) atoms. The number of sulfonamides is 1. The van der Waals surface area contributed by atoms with Gasteiger partial charge in [0.15, 0.2) is 5.58 Å². The van der Waals surface area contributed by atoms with Crippen molar-refractivity contribution in [1.82, 2.24) is 9.71 Å². The number of fused-ring (bicyclic) bond motifs is 1. The lowest BCUT2D eigenvalue weighted by Gasteiger charge is -2.04. The van der Waals surface area contributed by atoms with Crippen molar-refractivity contribution in [2.75, 3.05) is 12.3 Å². The minimum absolute atomic E-state index is 0.0705. The van der Waals surface area contributed by atoms with E-state index in [0.29, 0.717) is 24.1 Å². The van der Waals surface area contributed by atoms with Crippen molar-refractivity contribution in [3.05, 3.63) is 34.3 Å². The molecule has 1 aromatic carbocycles. The van der Waals surface area contributed by atoms with Crippen molar-refractivity contribution in [3.63, 3.8) is 0 Å². The van der Waals surface area contributed by atoms with Crippen LogP contribution in [0.2, 0.25) is 0 Å². The maximum Gasteiger partial charge on any atom is 0.417 e. The van der Waals surface area contributed by atoms with Crippen LogP contribution in [0.5, 0.6) is 0 Å². The van der Waals surface area contributed by atoms with Crippen molar-refractivity contribution < 1.29 is 12.8 Å². The van der Waals surface area contributed by atoms with Gasteiger partial charge in [0.05, 0.1) is 11.3 Å². The molecule has 1 heterocycles. The largest absolute Gasteiger partial charge is 0.417 e. The SMILES string of the molecule is CCS(=O)(=O)NCCc1ccc2oc(=O)[nH]c2c1. The zero-order valence-corrected chi connectivity index (χ0v) is 10.7. The van der Waals surface area contributed by atoms with Crippen LogP contribution in [-0.2, 0) is 16.4 Å². The third-order valence-corrected chi connectivity index (χ3v) is 4.00. The first-order chi connectivity index (χ1) is 8.50. The number of rotatable bonds is 5. The highest BCUT2D eigenvalue weighted by molar-refractivity contribution is 7.89. The number of aromatic nitrogens is 1. The Labute approximate surface area is 104 Å². The molecule has 0 aliphatic carbocycles. The summed E-state index contributed by atoms with van der Waals surface area (Å²) in [6.45, 7) is 1.92. The summed E-state index contributed by atoms with van der Waals surface area (Å²) in [7, 11) is -3.15. The van der Waals surface area contributed by atoms with E-state index in [0.717, 1.165) is 5.56 Å². The second kappa shape index (κ2) is 4.95. The number of H-pyrrole nitrogens is 1. The molecule has 0 fully saturated rings. The average Bonchev–Trinajstić information content (AvgIpc) is 2.68. The Balaban J connectivity index is 2.06. The molecule has 0 saturated carbocycles. The zero-order valence-electron chi connectivity index (χ0n) is 9.89. The molecular weight excluding hydrogens is 256 g/mol. The first kappa shape index (κ1) is 12.8. The Bertz CT molecular complexity index is 699. The molecule has 0 amide bonds. The molecule has 0 spiro atoms. The van der Waals surface area contributed by atoms with Crippen molar-refractivity contribution in [1.29, 1.82) is 0 Å². The lowest BCUT2D eigenvalue weighted by Crippen LogP contribution is -2.27. The fraction of sp³-hybridized carbons (Fsp3) is 0.364. The number of aromatic amines is 1. The molecule has 0 bridgehead atoms. The van der Waals surface area contributed by atoms with E-state index in [9.17, 15) is 13.2 Å². The highest BCUT2D eigenvalue weighted by Crippen LogP contribution is 2.12. The van der Waals surface area contributed by atoms with Crippen LogP contribution >= 0.6 is 0 Å². The van der Waals surface area contributed by atoms with Crippen molar-refractivity contribution in [3.8, 4) is 0 Å². The molecule has 2 aromatic rings. The topological polar surface area (TPSA) is 92.2 Å². The number of benzene rings is 1. The van der Waals surface area contributed by atoms with Gasteiger partial charge in [0, 0.05) is 6.54 Å². The number of hydrogen-bond acceptors (Lipinski definition) is 4. The van der Waals surface area contributed by atoms with Gasteiger partial charge in [0.25, 0.3) is 0 Å². The molecule has 0 saturated heterocycles. The highest BCUT2D eigenvalue weighted by atomic mass is 32.2. The lowest BCUT2D eigenvalue weighted by atomic mass is 10.1. The minimum Gasteiger partial charge on any atom is -0.408 e. The second-order valence-corrected chi connectivity index (χ2v) is 5.99. The Morgan fingerprint density at radius 1 is 1.39 bits per heavy atom. The summed E-state index contributed by atoms with van der Waals surface area (Å²) in [4.78, 5) is 13.5. The third-order valence-electron chi connectivity index (χ3n) is 2.60. The molecule has 0 radical (unpaired) electrons. The number of oxazole rings is 1. The van der Waals surface area contributed by atoms with Crippen LogP contribution in [0.25, 0.3) is 11.1 Å². The molecule has 7 heteroatoms. The summed E-state index contributed by atoms with van der Waals surface area (Å²) < 4.78 is 29.8. The van der Waals surface area contributed by atoms with Gasteiger partial charge in [-0.1, -0.05) is 6.07 Å². The van der Waals surface area contributed by atoms with Gasteiger partial charge in [-0.15, -0.1) is 0 Å². The van der Waals surface area contributed by atoms with E-state index in [-0.39, 0.29) is 5.75 Å². The Morgan fingerprint density at radius 2 is 2.17 bits per heavy atom. The van der Waals surface area contributed by atoms with Gasteiger partial charge in [-0.05, 0) is 31.0 Å². The minimum atomic E-state index is -3.15. The van der Waals surface area contributed by atoms with Gasteiger partial charge >= 0.3 is 5.76 Å². The normalized spacial score (nSPS) is 12.1. The summed E-state index contributed by atoms with van der Waals surface area (Å²) >= 11 is 0. The molecule has 6 nitrogen and oxygen atoms in total. The predicted octanol–water partition coefficient (Wildman–Crippen LogP) is 0.603. The zero-order chi connectivity index (χ0) is 13.2. The summed E-state index contributed by atoms with van der Waals surface area (Å²) in [6, 6.07) is 5.27. The summed E-state index contributed by atoms with van der Waals surface area (Å²) in [5.74, 6) is -0.421. The van der Waals surface area contributed by atoms with Crippen molar-refractivity contribution in [2.24, 2.45) is 0 Å². The highest BCUT2D eigenvalue weighted by Gasteiger charge is 2.06. The monoisotopic (exact) mass is 270 g/mol. The first-order valence-electron chi connectivity index (χ1n) is 5.59. The van der Waals surface area contributed by atoms with E-state index in [1.165, 1.54) is 0 Å². The van der Waals surface area contributed by atoms with E-state index < -0.39 is 15.8 Å². The number of hydrogen-bond donors (Lipinski definition) is 2. The molecule has 0 aliphatic heterocycles. The standard InChI is InChI=1S/C11H14N2O4S/c1-2-18(15,16)12-6-5-8-3-4-10-9(7-8)13-11(14)17-10/h3-4,7,12H,2,5-6H2,1H3,(H,13,14). The summed E-state index contributed by atoms with van der Waals surface area (Å²) in [5.41, 5.74) is 2.05. The van der Waals surface area contributed by atoms with Crippen LogP contribution in [0.3, 0.4) is 0 Å². The predicted molar refractivity (Wildman–Crippen MR) is 68.0 cm³/mol. The van der Waals surface area contributed by atoms with Crippen LogP contribution in [0.15, 0.2) is 27.4 Å². The molecular formula is C11H14N2O4S. The van der Waals surface area contributed by atoms with Crippen molar-refractivity contribution >= 4 is 21.1 Å². The lowest BCUT2D eigenvalue weighted by molar-refractivity contribution is 0.555. The van der Waals surface area contributed by atoms with Crippen LogP contribution < -0.4 is 10.5 Å². The van der Waals surface area contributed by atoms with Gasteiger partial charge in [-0.25, -0.2) is 17.9 Å². The Kier molecular flexibility index (Phi) is 3.53. The molecule has 2 rings (SSSR count). The molecule has 98 valence electrons. The van der Waals surface area contributed by atoms with E-state index in [2.05, 4.69) is 9.71 Å². The first-order valence-corrected chi connectivity index (χ1v) is 7.24. The van der Waals surface area contributed by atoms with Crippen LogP contribution in [0.1, 0.15) is 12.5 Å². The molecule has 0 unspecified atom stereocenters. The fourth-order valence-corrected chi connectivity index (χ4v) is 2.22. The maximum absolute atomic E-state index is 11.2. The van der Waals surface area contributed by atoms with Crippen LogP contribution in [0, 0.1) is 0 Å². The van der Waals surface area contributed by atoms with Gasteiger partial charge in [0.2, 0.25) is 10.0 Å².